The van der Waals surface area contributed by atoms with Crippen LogP contribution >= 0.6 is 0 Å². The molecule has 6 heteroatoms. The first-order valence-corrected chi connectivity index (χ1v) is 4.01. The predicted octanol–water partition coefficient (Wildman–Crippen LogP) is 0.644. The van der Waals surface area contributed by atoms with Crippen molar-refractivity contribution < 1.29 is 13.6 Å². The van der Waals surface area contributed by atoms with Gasteiger partial charge in [0.1, 0.15) is 5.82 Å². The summed E-state index contributed by atoms with van der Waals surface area (Å²) in [6.07, 6.45) is 0.284. The summed E-state index contributed by atoms with van der Waals surface area (Å²) in [5.74, 6) is -0.616. The molecule has 14 heavy (non-hydrogen) atoms. The van der Waals surface area contributed by atoms with E-state index in [-0.39, 0.29) is 6.54 Å². The highest BCUT2D eigenvalue weighted by molar-refractivity contribution is 5.78. The van der Waals surface area contributed by atoms with Gasteiger partial charge in [-0.2, -0.15) is 8.78 Å². The zero-order valence-electron chi connectivity index (χ0n) is 7.94. The molecule has 4 nitrogen and oxygen atoms in total. The zero-order valence-corrected chi connectivity index (χ0v) is 7.94. The molecule has 0 aliphatic carbocycles. The van der Waals surface area contributed by atoms with E-state index in [0.29, 0.717) is 5.82 Å². The average Bonchev–Trinajstić information content (AvgIpc) is 2.50. The second-order valence-corrected chi connectivity index (χ2v) is 2.95. The molecule has 0 fully saturated rings. The molecule has 0 spiro atoms. The largest absolute Gasteiger partial charge is 0.337 e. The summed E-state index contributed by atoms with van der Waals surface area (Å²) in [6.45, 7) is 0.0900. The number of rotatable bonds is 3. The molecule has 0 aromatic carbocycles. The van der Waals surface area contributed by atoms with E-state index < -0.39 is 12.3 Å². The molecule has 0 radical (unpaired) electrons. The van der Waals surface area contributed by atoms with Gasteiger partial charge in [0, 0.05) is 26.5 Å². The van der Waals surface area contributed by atoms with Crippen molar-refractivity contribution in [1.29, 1.82) is 0 Å². The molecule has 0 saturated carbocycles. The number of aryl methyl sites for hydroxylation is 1. The van der Waals surface area contributed by atoms with Gasteiger partial charge < -0.3 is 9.47 Å². The molecule has 0 aliphatic heterocycles. The summed E-state index contributed by atoms with van der Waals surface area (Å²) < 4.78 is 25.7. The van der Waals surface area contributed by atoms with E-state index >= 15 is 0 Å². The molecular formula is C8H11F2N3O. The topological polar surface area (TPSA) is 38.1 Å². The van der Waals surface area contributed by atoms with Gasteiger partial charge in [-0.15, -0.1) is 0 Å². The quantitative estimate of drug-likeness (QED) is 0.723. The van der Waals surface area contributed by atoms with E-state index in [1.165, 1.54) is 7.05 Å². The molecule has 0 unspecified atom stereocenters. The van der Waals surface area contributed by atoms with Crippen molar-refractivity contribution in [3.05, 3.63) is 18.2 Å². The number of hydrogen-bond acceptors (Lipinski definition) is 2. The lowest BCUT2D eigenvalue weighted by Gasteiger charge is -2.15. The van der Waals surface area contributed by atoms with Crippen LogP contribution in [-0.4, -0.2) is 33.8 Å². The normalized spacial score (nSPS) is 10.6. The highest BCUT2D eigenvalue weighted by Crippen LogP contribution is 2.03. The van der Waals surface area contributed by atoms with Crippen molar-refractivity contribution >= 4 is 5.91 Å². The number of nitrogens with zero attached hydrogens (tertiary/aromatic N) is 3. The molecule has 0 aliphatic rings. The predicted molar refractivity (Wildman–Crippen MR) is 45.7 cm³/mol. The molecule has 1 aromatic heterocycles. The Labute approximate surface area is 80.1 Å². The molecule has 1 amide bonds. The average molecular weight is 203 g/mol. The van der Waals surface area contributed by atoms with Gasteiger partial charge in [0.15, 0.2) is 0 Å². The second-order valence-electron chi connectivity index (χ2n) is 2.95. The van der Waals surface area contributed by atoms with Gasteiger partial charge in [0.2, 0.25) is 0 Å². The molecule has 0 bridgehead atoms. The minimum absolute atomic E-state index is 0.0900. The SMILES string of the molecule is CN(Cc1nccn1C)C(=O)C(F)F. The molecule has 1 rings (SSSR count). The van der Waals surface area contributed by atoms with E-state index in [2.05, 4.69) is 4.98 Å². The third-order valence-electron chi connectivity index (χ3n) is 1.86. The fourth-order valence-electron chi connectivity index (χ4n) is 1.01. The Bertz CT molecular complexity index is 324. The summed E-state index contributed by atoms with van der Waals surface area (Å²) in [5.41, 5.74) is 0. The molecule has 0 N–H and O–H groups in total. The Morgan fingerprint density at radius 3 is 2.79 bits per heavy atom. The highest BCUT2D eigenvalue weighted by Gasteiger charge is 2.20. The van der Waals surface area contributed by atoms with Gasteiger partial charge in [-0.3, -0.25) is 4.79 Å². The van der Waals surface area contributed by atoms with Crippen LogP contribution in [0.2, 0.25) is 0 Å². The Kier molecular flexibility index (Phi) is 3.16. The van der Waals surface area contributed by atoms with E-state index in [9.17, 15) is 13.6 Å². The van der Waals surface area contributed by atoms with Crippen LogP contribution in [0.3, 0.4) is 0 Å². The lowest BCUT2D eigenvalue weighted by Crippen LogP contribution is -2.32. The van der Waals surface area contributed by atoms with Gasteiger partial charge in [-0.25, -0.2) is 4.98 Å². The molecule has 0 atom stereocenters. The molecular weight excluding hydrogens is 192 g/mol. The van der Waals surface area contributed by atoms with Crippen LogP contribution in [-0.2, 0) is 18.4 Å². The highest BCUT2D eigenvalue weighted by atomic mass is 19.3. The molecule has 78 valence electrons. The summed E-state index contributed by atoms with van der Waals surface area (Å²) in [4.78, 5) is 15.7. The van der Waals surface area contributed by atoms with Crippen LogP contribution in [0.25, 0.3) is 0 Å². The smallest absolute Gasteiger partial charge is 0.315 e. The second kappa shape index (κ2) is 4.17. The Morgan fingerprint density at radius 1 is 1.71 bits per heavy atom. The maximum absolute atomic E-state index is 12.0. The fourth-order valence-corrected chi connectivity index (χ4v) is 1.01. The Morgan fingerprint density at radius 2 is 2.36 bits per heavy atom. The fraction of sp³-hybridized carbons (Fsp3) is 0.500. The van der Waals surface area contributed by atoms with Crippen molar-refractivity contribution in [1.82, 2.24) is 14.5 Å². The van der Waals surface area contributed by atoms with E-state index in [1.807, 2.05) is 0 Å². The molecule has 1 aromatic rings. The first-order chi connectivity index (χ1) is 6.52. The van der Waals surface area contributed by atoms with Gasteiger partial charge in [0.05, 0.1) is 6.54 Å². The minimum Gasteiger partial charge on any atom is -0.337 e. The van der Waals surface area contributed by atoms with Crippen LogP contribution < -0.4 is 0 Å². The first-order valence-electron chi connectivity index (χ1n) is 4.01. The third-order valence-corrected chi connectivity index (χ3v) is 1.86. The standard InChI is InChI=1S/C8H11F2N3O/c1-12-4-3-11-6(12)5-13(2)8(14)7(9)10/h3-4,7H,5H2,1-2H3. The number of amides is 1. The molecule has 1 heterocycles. The van der Waals surface area contributed by atoms with E-state index in [4.69, 9.17) is 0 Å². The maximum atomic E-state index is 12.0. The van der Waals surface area contributed by atoms with Gasteiger partial charge in [-0.1, -0.05) is 0 Å². The Balaban J connectivity index is 2.62. The first kappa shape index (κ1) is 10.6. The number of hydrogen-bond donors (Lipinski definition) is 0. The number of carbonyl (C=O) groups excluding carboxylic acids is 1. The monoisotopic (exact) mass is 203 g/mol. The van der Waals surface area contributed by atoms with Crippen LogP contribution in [0.1, 0.15) is 5.82 Å². The summed E-state index contributed by atoms with van der Waals surface area (Å²) in [6, 6.07) is 0. The van der Waals surface area contributed by atoms with Crippen LogP contribution in [0, 0.1) is 0 Å². The van der Waals surface area contributed by atoms with Crippen molar-refractivity contribution in [2.45, 2.75) is 13.0 Å². The summed E-state index contributed by atoms with van der Waals surface area (Å²) in [5, 5.41) is 0. The van der Waals surface area contributed by atoms with E-state index in [0.717, 1.165) is 4.90 Å². The summed E-state index contributed by atoms with van der Waals surface area (Å²) in [7, 11) is 3.06. The number of halogens is 2. The van der Waals surface area contributed by atoms with Crippen LogP contribution in [0.15, 0.2) is 12.4 Å². The van der Waals surface area contributed by atoms with Crippen LogP contribution in [0.4, 0.5) is 8.78 Å². The van der Waals surface area contributed by atoms with Crippen LogP contribution in [0.5, 0.6) is 0 Å². The van der Waals surface area contributed by atoms with Gasteiger partial charge in [-0.05, 0) is 0 Å². The lowest BCUT2D eigenvalue weighted by molar-refractivity contribution is -0.142. The van der Waals surface area contributed by atoms with Crippen molar-refractivity contribution in [2.75, 3.05) is 7.05 Å². The third kappa shape index (κ3) is 2.27. The van der Waals surface area contributed by atoms with Gasteiger partial charge in [0.25, 0.3) is 5.91 Å². The number of imidazole rings is 1. The van der Waals surface area contributed by atoms with Gasteiger partial charge >= 0.3 is 6.43 Å². The lowest BCUT2D eigenvalue weighted by atomic mass is 10.5. The van der Waals surface area contributed by atoms with E-state index in [1.54, 1.807) is 24.0 Å². The van der Waals surface area contributed by atoms with Crippen molar-refractivity contribution in [2.24, 2.45) is 7.05 Å². The number of aromatic nitrogens is 2. The minimum atomic E-state index is -2.96. The van der Waals surface area contributed by atoms with Crippen molar-refractivity contribution in [3.63, 3.8) is 0 Å². The Hall–Kier alpha value is -1.46. The maximum Gasteiger partial charge on any atom is 0.315 e. The summed E-state index contributed by atoms with van der Waals surface area (Å²) >= 11 is 0. The number of alkyl halides is 2. The zero-order chi connectivity index (χ0) is 10.7. The molecule has 0 saturated heterocycles. The number of carbonyl (C=O) groups is 1. The van der Waals surface area contributed by atoms with Crippen molar-refractivity contribution in [3.8, 4) is 0 Å².